The number of nitrogens with zero attached hydrogens (tertiary/aromatic N) is 2. The number of rotatable bonds is 1. The number of carbonyl (C=O) groups is 2. The first-order valence-electron chi connectivity index (χ1n) is 4.01. The molecule has 0 N–H and O–H groups in total. The largest absolute Gasteiger partial charge is 0.350 e. The van der Waals surface area contributed by atoms with Crippen LogP contribution in [0.3, 0.4) is 0 Å². The van der Waals surface area contributed by atoms with E-state index in [1.54, 1.807) is 20.8 Å². The lowest BCUT2D eigenvalue weighted by molar-refractivity contribution is -0.127. The van der Waals surface area contributed by atoms with Crippen molar-refractivity contribution in [2.24, 2.45) is 4.99 Å². The van der Waals surface area contributed by atoms with Gasteiger partial charge in [-0.25, -0.2) is 9.79 Å². The maximum absolute atomic E-state index is 11.6. The van der Waals surface area contributed by atoms with Crippen LogP contribution in [0.5, 0.6) is 0 Å². The number of aliphatic imine (C=N–C) groups is 1. The number of alkyl halides is 1. The third kappa shape index (κ3) is 1.80. The zero-order valence-corrected chi connectivity index (χ0v) is 9.33. The van der Waals surface area contributed by atoms with E-state index in [1.807, 2.05) is 0 Å². The average Bonchev–Trinajstić information content (AvgIpc) is 1.99. The summed E-state index contributed by atoms with van der Waals surface area (Å²) in [6.07, 6.45) is 0. The zero-order chi connectivity index (χ0) is 10.2. The lowest BCUT2D eigenvalue weighted by Gasteiger charge is -2.28. The van der Waals surface area contributed by atoms with Crippen molar-refractivity contribution >= 4 is 33.6 Å². The van der Waals surface area contributed by atoms with Gasteiger partial charge in [0.25, 0.3) is 0 Å². The summed E-state index contributed by atoms with van der Waals surface area (Å²) in [5, 5.41) is 0. The molecule has 1 aliphatic rings. The Hall–Kier alpha value is -0.710. The van der Waals surface area contributed by atoms with Gasteiger partial charge in [-0.1, -0.05) is 15.9 Å². The molecule has 5 heteroatoms. The van der Waals surface area contributed by atoms with E-state index in [0.717, 1.165) is 4.90 Å². The van der Waals surface area contributed by atoms with Gasteiger partial charge in [-0.2, -0.15) is 0 Å². The molecule has 0 saturated heterocycles. The summed E-state index contributed by atoms with van der Waals surface area (Å²) < 4.78 is 0. The summed E-state index contributed by atoms with van der Waals surface area (Å²) in [7, 11) is 0. The van der Waals surface area contributed by atoms with Crippen LogP contribution in [0.4, 0.5) is 4.79 Å². The highest BCUT2D eigenvalue weighted by Crippen LogP contribution is 2.17. The van der Waals surface area contributed by atoms with Crippen LogP contribution >= 0.6 is 15.9 Å². The summed E-state index contributed by atoms with van der Waals surface area (Å²) in [5.41, 5.74) is 0.520. The fourth-order valence-electron chi connectivity index (χ4n) is 1.13. The van der Waals surface area contributed by atoms with Gasteiger partial charge in [-0.15, -0.1) is 0 Å². The van der Waals surface area contributed by atoms with E-state index in [9.17, 15) is 9.59 Å². The van der Waals surface area contributed by atoms with Crippen LogP contribution in [-0.2, 0) is 4.79 Å². The SMILES string of the molecule is CC1=NC(=O)N(C(C)C)C(=O)C1Br. The highest BCUT2D eigenvalue weighted by molar-refractivity contribution is 9.10. The molecule has 0 fully saturated rings. The first kappa shape index (κ1) is 10.4. The standard InChI is InChI=1S/C8H11BrN2O2/c1-4(2)11-7(12)6(9)5(3)10-8(11)13/h4,6H,1-3H3. The molecule has 1 heterocycles. The Bertz CT molecular complexity index is 286. The Kier molecular flexibility index (Phi) is 2.85. The summed E-state index contributed by atoms with van der Waals surface area (Å²) in [6, 6.07) is -0.606. The van der Waals surface area contributed by atoms with Crippen LogP contribution in [-0.4, -0.2) is 33.4 Å². The lowest BCUT2D eigenvalue weighted by Crippen LogP contribution is -2.49. The summed E-state index contributed by atoms with van der Waals surface area (Å²) in [4.78, 5) is 27.3. The van der Waals surface area contributed by atoms with E-state index in [-0.39, 0.29) is 11.9 Å². The lowest BCUT2D eigenvalue weighted by atomic mass is 10.2. The molecule has 0 radical (unpaired) electrons. The monoisotopic (exact) mass is 246 g/mol. The molecule has 72 valence electrons. The number of carbonyl (C=O) groups excluding carboxylic acids is 2. The molecule has 1 unspecified atom stereocenters. The van der Waals surface area contributed by atoms with Crippen LogP contribution in [0.25, 0.3) is 0 Å². The van der Waals surface area contributed by atoms with Gasteiger partial charge in [0.1, 0.15) is 4.83 Å². The molecule has 0 aromatic heterocycles. The molecule has 0 bridgehead atoms. The third-order valence-electron chi connectivity index (χ3n) is 1.82. The fourth-order valence-corrected chi connectivity index (χ4v) is 1.45. The molecule has 4 nitrogen and oxygen atoms in total. The number of hydrogen-bond acceptors (Lipinski definition) is 2. The topological polar surface area (TPSA) is 49.7 Å². The van der Waals surface area contributed by atoms with Gasteiger partial charge in [0.05, 0.1) is 0 Å². The predicted molar refractivity (Wildman–Crippen MR) is 53.2 cm³/mol. The van der Waals surface area contributed by atoms with Crippen LogP contribution in [0.15, 0.2) is 4.99 Å². The number of hydrogen-bond donors (Lipinski definition) is 0. The molecule has 1 aliphatic heterocycles. The molecule has 13 heavy (non-hydrogen) atoms. The summed E-state index contributed by atoms with van der Waals surface area (Å²) >= 11 is 3.18. The minimum Gasteiger partial charge on any atom is -0.273 e. The molecular weight excluding hydrogens is 236 g/mol. The second-order valence-corrected chi connectivity index (χ2v) is 4.12. The molecule has 0 aromatic rings. The van der Waals surface area contributed by atoms with Gasteiger partial charge in [0.2, 0.25) is 5.91 Å². The van der Waals surface area contributed by atoms with Crippen LogP contribution in [0.2, 0.25) is 0 Å². The van der Waals surface area contributed by atoms with Crippen molar-refractivity contribution in [1.29, 1.82) is 0 Å². The van der Waals surface area contributed by atoms with E-state index < -0.39 is 10.9 Å². The van der Waals surface area contributed by atoms with Crippen LogP contribution in [0.1, 0.15) is 20.8 Å². The van der Waals surface area contributed by atoms with Crippen molar-refractivity contribution in [3.8, 4) is 0 Å². The fraction of sp³-hybridized carbons (Fsp3) is 0.625. The van der Waals surface area contributed by atoms with E-state index in [4.69, 9.17) is 0 Å². The van der Waals surface area contributed by atoms with E-state index >= 15 is 0 Å². The Morgan fingerprint density at radius 2 is 2.00 bits per heavy atom. The predicted octanol–water partition coefficient (Wildman–Crippen LogP) is 1.58. The van der Waals surface area contributed by atoms with Crippen molar-refractivity contribution in [3.05, 3.63) is 0 Å². The Morgan fingerprint density at radius 3 is 2.46 bits per heavy atom. The van der Waals surface area contributed by atoms with E-state index in [0.29, 0.717) is 5.71 Å². The van der Waals surface area contributed by atoms with Gasteiger partial charge in [0.15, 0.2) is 0 Å². The second-order valence-electron chi connectivity index (χ2n) is 3.20. The Balaban J connectivity index is 3.03. The van der Waals surface area contributed by atoms with Crippen molar-refractivity contribution in [1.82, 2.24) is 4.90 Å². The summed E-state index contributed by atoms with van der Waals surface area (Å²) in [6.45, 7) is 5.23. The van der Waals surface area contributed by atoms with Crippen LogP contribution < -0.4 is 0 Å². The molecule has 0 spiro atoms. The molecule has 0 aliphatic carbocycles. The second kappa shape index (κ2) is 3.57. The highest BCUT2D eigenvalue weighted by Gasteiger charge is 2.35. The smallest absolute Gasteiger partial charge is 0.273 e. The number of imide groups is 1. The quantitative estimate of drug-likeness (QED) is 0.660. The van der Waals surface area contributed by atoms with Gasteiger partial charge in [-0.05, 0) is 20.8 Å². The molecular formula is C8H11BrN2O2. The van der Waals surface area contributed by atoms with E-state index in [2.05, 4.69) is 20.9 Å². The first-order chi connectivity index (χ1) is 5.95. The van der Waals surface area contributed by atoms with Gasteiger partial charge >= 0.3 is 6.03 Å². The molecule has 0 aromatic carbocycles. The Labute approximate surface area is 85.1 Å². The molecule has 0 saturated carbocycles. The minimum atomic E-state index is -0.465. The Morgan fingerprint density at radius 1 is 1.46 bits per heavy atom. The van der Waals surface area contributed by atoms with Crippen molar-refractivity contribution in [3.63, 3.8) is 0 Å². The zero-order valence-electron chi connectivity index (χ0n) is 7.74. The van der Waals surface area contributed by atoms with Gasteiger partial charge < -0.3 is 0 Å². The maximum atomic E-state index is 11.6. The normalized spacial score (nSPS) is 23.9. The summed E-state index contributed by atoms with van der Waals surface area (Å²) in [5.74, 6) is -0.229. The number of amides is 3. The number of halogens is 1. The molecule has 3 amide bonds. The minimum absolute atomic E-state index is 0.142. The number of urea groups is 1. The molecule has 1 rings (SSSR count). The molecule has 1 atom stereocenters. The van der Waals surface area contributed by atoms with E-state index in [1.165, 1.54) is 0 Å². The third-order valence-corrected chi connectivity index (χ3v) is 2.87. The first-order valence-corrected chi connectivity index (χ1v) is 4.93. The maximum Gasteiger partial charge on any atom is 0.350 e. The van der Waals surface area contributed by atoms with Crippen molar-refractivity contribution in [2.75, 3.05) is 0 Å². The van der Waals surface area contributed by atoms with Crippen LogP contribution in [0, 0.1) is 0 Å². The van der Waals surface area contributed by atoms with Crippen molar-refractivity contribution < 1.29 is 9.59 Å². The average molecular weight is 247 g/mol. The van der Waals surface area contributed by atoms with Crippen molar-refractivity contribution in [2.45, 2.75) is 31.6 Å². The van der Waals surface area contributed by atoms with Gasteiger partial charge in [0, 0.05) is 11.8 Å². The highest BCUT2D eigenvalue weighted by atomic mass is 79.9. The van der Waals surface area contributed by atoms with Gasteiger partial charge in [-0.3, -0.25) is 9.69 Å².